The average Bonchev–Trinajstić information content (AvgIpc) is 2.61. The molecule has 0 amide bonds. The first-order valence-electron chi connectivity index (χ1n) is 3.98. The predicted octanol–water partition coefficient (Wildman–Crippen LogP) is 0.776. The standard InChI is InChI=1S/C8H9N5S/c1-14-8-12-11-7(13(8)9)6-3-2-4-10-5-6/h2-5H,9H2,1H3. The van der Waals surface area contributed by atoms with Crippen LogP contribution in [0, 0.1) is 0 Å². The largest absolute Gasteiger partial charge is 0.335 e. The second-order valence-corrected chi connectivity index (χ2v) is 3.40. The summed E-state index contributed by atoms with van der Waals surface area (Å²) in [6.07, 6.45) is 5.31. The molecule has 0 aliphatic carbocycles. The molecule has 5 nitrogen and oxygen atoms in total. The van der Waals surface area contributed by atoms with E-state index in [4.69, 9.17) is 5.84 Å². The Morgan fingerprint density at radius 1 is 1.43 bits per heavy atom. The van der Waals surface area contributed by atoms with E-state index in [0.717, 1.165) is 5.56 Å². The fourth-order valence-electron chi connectivity index (χ4n) is 1.11. The molecule has 0 aliphatic rings. The van der Waals surface area contributed by atoms with Crippen molar-refractivity contribution in [3.63, 3.8) is 0 Å². The number of aromatic nitrogens is 4. The topological polar surface area (TPSA) is 69.6 Å². The molecule has 0 radical (unpaired) electrons. The molecule has 0 aliphatic heterocycles. The van der Waals surface area contributed by atoms with Crippen molar-refractivity contribution in [2.75, 3.05) is 12.1 Å². The van der Waals surface area contributed by atoms with E-state index in [-0.39, 0.29) is 0 Å². The summed E-state index contributed by atoms with van der Waals surface area (Å²) >= 11 is 1.45. The molecule has 0 atom stereocenters. The fourth-order valence-corrected chi connectivity index (χ4v) is 1.51. The molecule has 2 aromatic rings. The molecular formula is C8H9N5S. The van der Waals surface area contributed by atoms with E-state index < -0.39 is 0 Å². The molecule has 14 heavy (non-hydrogen) atoms. The van der Waals surface area contributed by atoms with Gasteiger partial charge in [0, 0.05) is 18.0 Å². The lowest BCUT2D eigenvalue weighted by Crippen LogP contribution is -2.11. The molecular weight excluding hydrogens is 198 g/mol. The molecule has 0 saturated carbocycles. The van der Waals surface area contributed by atoms with Gasteiger partial charge in [-0.15, -0.1) is 10.2 Å². The molecule has 0 aromatic carbocycles. The Bertz CT molecular complexity index is 425. The lowest BCUT2D eigenvalue weighted by atomic mass is 10.3. The molecule has 6 heteroatoms. The van der Waals surface area contributed by atoms with Crippen molar-refractivity contribution in [1.29, 1.82) is 0 Å². The first kappa shape index (κ1) is 9.01. The van der Waals surface area contributed by atoms with Crippen LogP contribution in [0.25, 0.3) is 11.4 Å². The van der Waals surface area contributed by atoms with Gasteiger partial charge in [-0.3, -0.25) is 4.98 Å². The number of hydrogen-bond donors (Lipinski definition) is 1. The minimum atomic E-state index is 0.627. The van der Waals surface area contributed by atoms with Gasteiger partial charge in [0.05, 0.1) is 0 Å². The van der Waals surface area contributed by atoms with Gasteiger partial charge in [0.25, 0.3) is 0 Å². The van der Waals surface area contributed by atoms with Crippen LogP contribution in [0.3, 0.4) is 0 Å². The van der Waals surface area contributed by atoms with Crippen LogP contribution < -0.4 is 5.84 Å². The molecule has 0 unspecified atom stereocenters. The van der Waals surface area contributed by atoms with Gasteiger partial charge in [-0.2, -0.15) is 0 Å². The van der Waals surface area contributed by atoms with Gasteiger partial charge in [-0.1, -0.05) is 11.8 Å². The molecule has 2 N–H and O–H groups in total. The first-order chi connectivity index (χ1) is 6.83. The van der Waals surface area contributed by atoms with Crippen LogP contribution in [0.2, 0.25) is 0 Å². The van der Waals surface area contributed by atoms with Crippen LogP contribution in [0.15, 0.2) is 29.7 Å². The summed E-state index contributed by atoms with van der Waals surface area (Å²) in [5.74, 6) is 6.42. The maximum absolute atomic E-state index is 5.79. The van der Waals surface area contributed by atoms with E-state index in [1.807, 2.05) is 18.4 Å². The maximum atomic E-state index is 5.79. The maximum Gasteiger partial charge on any atom is 0.209 e. The van der Waals surface area contributed by atoms with Gasteiger partial charge in [0.15, 0.2) is 5.82 Å². The quantitative estimate of drug-likeness (QED) is 0.582. The lowest BCUT2D eigenvalue weighted by molar-refractivity contribution is 0.852. The van der Waals surface area contributed by atoms with Crippen LogP contribution >= 0.6 is 11.8 Å². The van der Waals surface area contributed by atoms with Crippen LogP contribution in [-0.2, 0) is 0 Å². The highest BCUT2D eigenvalue weighted by Gasteiger charge is 2.09. The van der Waals surface area contributed by atoms with Crippen LogP contribution in [0.1, 0.15) is 0 Å². The molecule has 0 fully saturated rings. The van der Waals surface area contributed by atoms with Crippen molar-refractivity contribution in [2.45, 2.75) is 5.16 Å². The molecule has 2 aromatic heterocycles. The molecule has 0 spiro atoms. The Morgan fingerprint density at radius 2 is 2.29 bits per heavy atom. The van der Waals surface area contributed by atoms with Crippen molar-refractivity contribution in [3.05, 3.63) is 24.5 Å². The van der Waals surface area contributed by atoms with Crippen LogP contribution in [-0.4, -0.2) is 26.1 Å². The third-order valence-corrected chi connectivity index (χ3v) is 2.41. The van der Waals surface area contributed by atoms with E-state index in [2.05, 4.69) is 15.2 Å². The number of hydrogen-bond acceptors (Lipinski definition) is 5. The summed E-state index contributed by atoms with van der Waals surface area (Å²) in [6, 6.07) is 3.73. The van der Waals surface area contributed by atoms with E-state index in [9.17, 15) is 0 Å². The molecule has 0 saturated heterocycles. The van der Waals surface area contributed by atoms with Gasteiger partial charge in [0.1, 0.15) is 0 Å². The molecule has 0 bridgehead atoms. The number of nitrogens with zero attached hydrogens (tertiary/aromatic N) is 4. The summed E-state index contributed by atoms with van der Waals surface area (Å²) < 4.78 is 1.46. The van der Waals surface area contributed by atoms with E-state index >= 15 is 0 Å². The van der Waals surface area contributed by atoms with Gasteiger partial charge >= 0.3 is 0 Å². The lowest BCUT2D eigenvalue weighted by Gasteiger charge is -2.00. The van der Waals surface area contributed by atoms with Crippen LogP contribution in [0.4, 0.5) is 0 Å². The fraction of sp³-hybridized carbons (Fsp3) is 0.125. The number of nitrogen functional groups attached to an aromatic ring is 1. The zero-order valence-electron chi connectivity index (χ0n) is 7.58. The second kappa shape index (κ2) is 3.67. The monoisotopic (exact) mass is 207 g/mol. The highest BCUT2D eigenvalue weighted by Crippen LogP contribution is 2.18. The SMILES string of the molecule is CSc1nnc(-c2cccnc2)n1N. The number of thioether (sulfide) groups is 1. The smallest absolute Gasteiger partial charge is 0.209 e. The Labute approximate surface area is 85.3 Å². The first-order valence-corrected chi connectivity index (χ1v) is 5.20. The Balaban J connectivity index is 2.48. The Kier molecular flexibility index (Phi) is 2.36. The number of rotatable bonds is 2. The third kappa shape index (κ3) is 1.44. The number of nitrogens with two attached hydrogens (primary N) is 1. The second-order valence-electron chi connectivity index (χ2n) is 2.62. The minimum Gasteiger partial charge on any atom is -0.335 e. The van der Waals surface area contributed by atoms with E-state index in [0.29, 0.717) is 11.0 Å². The van der Waals surface area contributed by atoms with Crippen LogP contribution in [0.5, 0.6) is 0 Å². The Hall–Kier alpha value is -1.56. The zero-order chi connectivity index (χ0) is 9.97. The molecule has 2 rings (SSSR count). The summed E-state index contributed by atoms with van der Waals surface area (Å²) in [5, 5.41) is 8.60. The van der Waals surface area contributed by atoms with E-state index in [1.54, 1.807) is 12.4 Å². The van der Waals surface area contributed by atoms with Crippen molar-refractivity contribution in [3.8, 4) is 11.4 Å². The van der Waals surface area contributed by atoms with Crippen molar-refractivity contribution >= 4 is 11.8 Å². The van der Waals surface area contributed by atoms with Gasteiger partial charge in [0.2, 0.25) is 5.16 Å². The Morgan fingerprint density at radius 3 is 2.86 bits per heavy atom. The molecule has 72 valence electrons. The van der Waals surface area contributed by atoms with Gasteiger partial charge < -0.3 is 5.84 Å². The highest BCUT2D eigenvalue weighted by atomic mass is 32.2. The zero-order valence-corrected chi connectivity index (χ0v) is 8.40. The highest BCUT2D eigenvalue weighted by molar-refractivity contribution is 7.98. The van der Waals surface area contributed by atoms with Crippen molar-refractivity contribution < 1.29 is 0 Å². The van der Waals surface area contributed by atoms with Gasteiger partial charge in [-0.05, 0) is 18.4 Å². The van der Waals surface area contributed by atoms with E-state index in [1.165, 1.54) is 16.4 Å². The minimum absolute atomic E-state index is 0.627. The summed E-state index contributed by atoms with van der Waals surface area (Å²) in [6.45, 7) is 0. The van der Waals surface area contributed by atoms with Gasteiger partial charge in [-0.25, -0.2) is 4.68 Å². The third-order valence-electron chi connectivity index (χ3n) is 1.77. The summed E-state index contributed by atoms with van der Waals surface area (Å²) in [5.41, 5.74) is 0.864. The molecule has 2 heterocycles. The predicted molar refractivity (Wildman–Crippen MR) is 55.2 cm³/mol. The van der Waals surface area contributed by atoms with Crippen molar-refractivity contribution in [2.24, 2.45) is 0 Å². The summed E-state index contributed by atoms with van der Waals surface area (Å²) in [7, 11) is 0. The number of pyridine rings is 1. The summed E-state index contributed by atoms with van der Waals surface area (Å²) in [4.78, 5) is 3.99. The van der Waals surface area contributed by atoms with Crippen molar-refractivity contribution in [1.82, 2.24) is 19.9 Å². The average molecular weight is 207 g/mol. The normalized spacial score (nSPS) is 10.4.